The Morgan fingerprint density at radius 2 is 1.35 bits per heavy atom. The molecule has 4 N–H and O–H groups in total. The SMILES string of the molecule is CCC(=[OH+])C=C(C)O.CCCO.CCCO.[La]. The molecule has 0 heterocycles. The first-order valence-electron chi connectivity index (χ1n) is 5.63. The minimum absolute atomic E-state index is 0. The molecule has 0 amide bonds. The van der Waals surface area contributed by atoms with E-state index in [1.807, 2.05) is 20.8 Å². The average molecular weight is 374 g/mol. The van der Waals surface area contributed by atoms with E-state index in [2.05, 4.69) is 0 Å². The van der Waals surface area contributed by atoms with Crippen molar-refractivity contribution in [3.05, 3.63) is 11.8 Å². The van der Waals surface area contributed by atoms with Gasteiger partial charge in [0.15, 0.2) is 0 Å². The Labute approximate surface area is 133 Å². The molecule has 0 aliphatic heterocycles. The van der Waals surface area contributed by atoms with Crippen LogP contribution in [0.1, 0.15) is 47.0 Å². The topological polar surface area (TPSA) is 82.1 Å². The van der Waals surface area contributed by atoms with Gasteiger partial charge in [0.2, 0.25) is 0 Å². The molecule has 0 aliphatic rings. The molecule has 1 radical (unpaired) electrons. The number of aliphatic hydroxyl groups excluding tert-OH is 3. The van der Waals surface area contributed by atoms with Crippen molar-refractivity contribution in [2.24, 2.45) is 0 Å². The molecule has 0 aromatic heterocycles. The molecule has 0 saturated heterocycles. The number of aliphatic hydroxyl groups is 3. The van der Waals surface area contributed by atoms with Gasteiger partial charge in [-0.15, -0.1) is 0 Å². The smallest absolute Gasteiger partial charge is 0.319 e. The van der Waals surface area contributed by atoms with E-state index in [1.54, 1.807) is 0 Å². The molecule has 0 aromatic rings. The summed E-state index contributed by atoms with van der Waals surface area (Å²) in [5.74, 6) is 0.356. The number of allylic oxidation sites excluding steroid dienone is 2. The van der Waals surface area contributed by atoms with E-state index in [1.165, 1.54) is 13.0 Å². The van der Waals surface area contributed by atoms with Gasteiger partial charge in [-0.25, -0.2) is 0 Å². The molecule has 0 fully saturated rings. The van der Waals surface area contributed by atoms with Crippen LogP contribution >= 0.6 is 0 Å². The maximum atomic E-state index is 8.71. The monoisotopic (exact) mass is 374 g/mol. The van der Waals surface area contributed by atoms with Crippen molar-refractivity contribution in [1.29, 1.82) is 0 Å². The number of ketones is 1. The minimum atomic E-state index is 0. The van der Waals surface area contributed by atoms with Gasteiger partial charge in [-0.2, -0.15) is 0 Å². The van der Waals surface area contributed by atoms with E-state index in [0.717, 1.165) is 12.8 Å². The quantitative estimate of drug-likeness (QED) is 0.401. The first kappa shape index (κ1) is 26.0. The zero-order valence-corrected chi connectivity index (χ0v) is 15.1. The van der Waals surface area contributed by atoms with Gasteiger partial charge in [0.25, 0.3) is 0 Å². The van der Waals surface area contributed by atoms with Crippen molar-refractivity contribution in [3.63, 3.8) is 0 Å². The Hall–Kier alpha value is 0.325. The van der Waals surface area contributed by atoms with Crippen LogP contribution in [0.2, 0.25) is 0 Å². The molecule has 0 aliphatic carbocycles. The summed E-state index contributed by atoms with van der Waals surface area (Å²) < 4.78 is 0. The number of hydrogen-bond acceptors (Lipinski definition) is 3. The van der Waals surface area contributed by atoms with E-state index < -0.39 is 0 Å². The molecule has 0 unspecified atom stereocenters. The Morgan fingerprint density at radius 1 is 1.06 bits per heavy atom. The molecular weight excluding hydrogens is 347 g/mol. The molecule has 0 rings (SSSR count). The Morgan fingerprint density at radius 3 is 1.41 bits per heavy atom. The third kappa shape index (κ3) is 48.3. The summed E-state index contributed by atoms with van der Waals surface area (Å²) in [7, 11) is 0. The molecule has 0 aromatic carbocycles. The van der Waals surface area contributed by atoms with Crippen molar-refractivity contribution >= 4 is 5.78 Å². The number of hydrogen-bond donors (Lipinski definition) is 3. The molecule has 0 bridgehead atoms. The predicted molar refractivity (Wildman–Crippen MR) is 68.4 cm³/mol. The van der Waals surface area contributed by atoms with Gasteiger partial charge < -0.3 is 15.3 Å². The van der Waals surface area contributed by atoms with Crippen molar-refractivity contribution in [2.45, 2.75) is 47.0 Å². The van der Waals surface area contributed by atoms with Crippen LogP contribution in [0.25, 0.3) is 0 Å². The maximum absolute atomic E-state index is 8.71. The molecule has 4 nitrogen and oxygen atoms in total. The standard InChI is InChI=1S/C6H10O2.2C3H8O.La/c1-3-6(8)4-5(2)7;2*1-2-3-4;/h4,7H,3H2,1-2H3;2*4H,2-3H2,1H3;/p+1. The van der Waals surface area contributed by atoms with Crippen LogP contribution in [-0.2, 0) is 0 Å². The van der Waals surface area contributed by atoms with Crippen molar-refractivity contribution in [2.75, 3.05) is 13.2 Å². The second kappa shape index (κ2) is 25.2. The average Bonchev–Trinajstić information content (AvgIpc) is 2.28. The van der Waals surface area contributed by atoms with Crippen LogP contribution in [0, 0.1) is 35.6 Å². The molecular formula is C12H27LaO4+. The van der Waals surface area contributed by atoms with Crippen LogP contribution in [-0.4, -0.2) is 39.1 Å². The summed E-state index contributed by atoms with van der Waals surface area (Å²) in [4.78, 5) is 8.71. The maximum Gasteiger partial charge on any atom is 0.319 e. The van der Waals surface area contributed by atoms with Crippen LogP contribution in [0.5, 0.6) is 0 Å². The molecule has 101 valence electrons. The summed E-state index contributed by atoms with van der Waals surface area (Å²) in [6.07, 6.45) is 3.65. The minimum Gasteiger partial charge on any atom is -0.512 e. The van der Waals surface area contributed by atoms with Gasteiger partial charge in [0.05, 0.1) is 18.3 Å². The van der Waals surface area contributed by atoms with Crippen LogP contribution in [0.3, 0.4) is 0 Å². The van der Waals surface area contributed by atoms with Crippen LogP contribution in [0.15, 0.2) is 11.8 Å². The van der Waals surface area contributed by atoms with Crippen molar-refractivity contribution < 1.29 is 55.7 Å². The summed E-state index contributed by atoms with van der Waals surface area (Å²) in [5, 5.41) is 24.3. The first-order chi connectivity index (χ1) is 7.49. The second-order valence-corrected chi connectivity index (χ2v) is 3.08. The van der Waals surface area contributed by atoms with Gasteiger partial charge in [-0.05, 0) is 19.8 Å². The van der Waals surface area contributed by atoms with E-state index in [0.29, 0.717) is 19.6 Å². The zero-order valence-electron chi connectivity index (χ0n) is 11.5. The summed E-state index contributed by atoms with van der Waals surface area (Å²) in [5.41, 5.74) is 0. The van der Waals surface area contributed by atoms with Crippen LogP contribution in [0.4, 0.5) is 0 Å². The summed E-state index contributed by atoms with van der Waals surface area (Å²) >= 11 is 0. The Bertz CT molecular complexity index is 158. The zero-order chi connectivity index (χ0) is 13.4. The first-order valence-corrected chi connectivity index (χ1v) is 5.63. The van der Waals surface area contributed by atoms with Gasteiger partial charge >= 0.3 is 5.78 Å². The van der Waals surface area contributed by atoms with E-state index >= 15 is 0 Å². The fraction of sp³-hybridized carbons (Fsp3) is 0.750. The molecule has 0 saturated carbocycles. The van der Waals surface area contributed by atoms with Gasteiger partial charge in [0.1, 0.15) is 0 Å². The van der Waals surface area contributed by atoms with Crippen molar-refractivity contribution in [3.8, 4) is 0 Å². The summed E-state index contributed by atoms with van der Waals surface area (Å²) in [6, 6.07) is 0. The van der Waals surface area contributed by atoms with Gasteiger partial charge in [-0.3, -0.25) is 4.79 Å². The second-order valence-electron chi connectivity index (χ2n) is 3.08. The normalized spacial score (nSPS) is 8.94. The third-order valence-corrected chi connectivity index (χ3v) is 1.18. The van der Waals surface area contributed by atoms with Crippen molar-refractivity contribution in [1.82, 2.24) is 0 Å². The predicted octanol–water partition coefficient (Wildman–Crippen LogP) is 2.18. The third-order valence-electron chi connectivity index (χ3n) is 1.18. The molecule has 0 spiro atoms. The van der Waals surface area contributed by atoms with E-state index in [4.69, 9.17) is 20.1 Å². The van der Waals surface area contributed by atoms with E-state index in [9.17, 15) is 0 Å². The molecule has 5 heteroatoms. The van der Waals surface area contributed by atoms with E-state index in [-0.39, 0.29) is 47.1 Å². The van der Waals surface area contributed by atoms with Gasteiger partial charge in [0, 0.05) is 48.8 Å². The Balaban J connectivity index is -0.0000000806. The number of carbonyl (C=O) groups excluding carboxylic acids is 1. The molecule has 17 heavy (non-hydrogen) atoms. The largest absolute Gasteiger partial charge is 0.512 e. The number of rotatable bonds is 4. The Kier molecular flexibility index (Phi) is 38.6. The molecule has 0 atom stereocenters. The van der Waals surface area contributed by atoms with Gasteiger partial charge in [-0.1, -0.05) is 20.8 Å². The summed E-state index contributed by atoms with van der Waals surface area (Å²) in [6.45, 7) is 7.83. The fourth-order valence-corrected chi connectivity index (χ4v) is 0.343. The van der Waals surface area contributed by atoms with Crippen LogP contribution < -0.4 is 0 Å². The fourth-order valence-electron chi connectivity index (χ4n) is 0.343.